The van der Waals surface area contributed by atoms with E-state index in [0.29, 0.717) is 6.04 Å². The molecular formula is C10H18BrN3S. The second-order valence-corrected chi connectivity index (χ2v) is 5.18. The predicted octanol–water partition coefficient (Wildman–Crippen LogP) is 3.05. The molecule has 1 aromatic rings. The summed E-state index contributed by atoms with van der Waals surface area (Å²) < 4.78 is 0.907. The molecule has 1 unspecified atom stereocenters. The minimum atomic E-state index is 0.433. The average Bonchev–Trinajstić information content (AvgIpc) is 2.60. The summed E-state index contributed by atoms with van der Waals surface area (Å²) in [6.07, 6.45) is 0. The minimum Gasteiger partial charge on any atom is -0.358 e. The van der Waals surface area contributed by atoms with E-state index in [1.165, 1.54) is 0 Å². The molecule has 0 bridgehead atoms. The van der Waals surface area contributed by atoms with Gasteiger partial charge in [-0.05, 0) is 35.9 Å². The zero-order valence-corrected chi connectivity index (χ0v) is 11.9. The van der Waals surface area contributed by atoms with Gasteiger partial charge in [0.2, 0.25) is 0 Å². The summed E-state index contributed by atoms with van der Waals surface area (Å²) in [4.78, 5) is 6.72. The molecule has 86 valence electrons. The van der Waals surface area contributed by atoms with Crippen LogP contribution in [0, 0.1) is 0 Å². The normalized spacial score (nSPS) is 13.1. The molecule has 5 heteroatoms. The fraction of sp³-hybridized carbons (Fsp3) is 0.700. The Morgan fingerprint density at radius 1 is 1.53 bits per heavy atom. The first-order valence-corrected chi connectivity index (χ1v) is 6.92. The van der Waals surface area contributed by atoms with E-state index >= 15 is 0 Å². The zero-order chi connectivity index (χ0) is 11.3. The monoisotopic (exact) mass is 291 g/mol. The SMILES string of the molecule is CCN(CC)CC(C)Nc1nc(Br)cs1. The first-order chi connectivity index (χ1) is 7.15. The van der Waals surface area contributed by atoms with E-state index in [1.54, 1.807) is 11.3 Å². The maximum absolute atomic E-state index is 4.32. The molecule has 1 heterocycles. The topological polar surface area (TPSA) is 28.2 Å². The number of likely N-dealkylation sites (N-methyl/N-ethyl adjacent to an activating group) is 1. The number of hydrogen-bond acceptors (Lipinski definition) is 4. The fourth-order valence-corrected chi connectivity index (χ4v) is 2.70. The molecule has 0 saturated heterocycles. The number of thiazole rings is 1. The molecule has 0 saturated carbocycles. The lowest BCUT2D eigenvalue weighted by atomic mass is 10.3. The van der Waals surface area contributed by atoms with Crippen LogP contribution in [0.15, 0.2) is 9.98 Å². The molecule has 3 nitrogen and oxygen atoms in total. The van der Waals surface area contributed by atoms with Crippen molar-refractivity contribution in [3.63, 3.8) is 0 Å². The largest absolute Gasteiger partial charge is 0.358 e. The van der Waals surface area contributed by atoms with Crippen molar-refractivity contribution in [2.45, 2.75) is 26.8 Å². The molecular weight excluding hydrogens is 274 g/mol. The number of nitrogens with one attached hydrogen (secondary N) is 1. The summed E-state index contributed by atoms with van der Waals surface area (Å²) in [5, 5.41) is 6.38. The highest BCUT2D eigenvalue weighted by Crippen LogP contribution is 2.20. The average molecular weight is 292 g/mol. The Morgan fingerprint density at radius 2 is 2.20 bits per heavy atom. The smallest absolute Gasteiger partial charge is 0.183 e. The van der Waals surface area contributed by atoms with Crippen LogP contribution in [0.25, 0.3) is 0 Å². The Labute approximate surface area is 104 Å². The second-order valence-electron chi connectivity index (χ2n) is 3.51. The Morgan fingerprint density at radius 3 is 2.67 bits per heavy atom. The Kier molecular flexibility index (Phi) is 5.56. The second kappa shape index (κ2) is 6.45. The minimum absolute atomic E-state index is 0.433. The molecule has 1 N–H and O–H groups in total. The molecule has 0 aliphatic heterocycles. The molecule has 0 aliphatic carbocycles. The van der Waals surface area contributed by atoms with Gasteiger partial charge in [0.15, 0.2) is 5.13 Å². The fourth-order valence-electron chi connectivity index (χ4n) is 1.45. The van der Waals surface area contributed by atoms with Crippen molar-refractivity contribution in [1.82, 2.24) is 9.88 Å². The molecule has 0 aromatic carbocycles. The van der Waals surface area contributed by atoms with E-state index in [4.69, 9.17) is 0 Å². The third-order valence-corrected chi connectivity index (χ3v) is 3.76. The molecule has 15 heavy (non-hydrogen) atoms. The first kappa shape index (κ1) is 12.9. The predicted molar refractivity (Wildman–Crippen MR) is 70.7 cm³/mol. The van der Waals surface area contributed by atoms with Gasteiger partial charge in [0, 0.05) is 18.0 Å². The lowest BCUT2D eigenvalue weighted by Crippen LogP contribution is -2.34. The van der Waals surface area contributed by atoms with E-state index in [2.05, 4.69) is 51.9 Å². The third-order valence-electron chi connectivity index (χ3n) is 2.27. The van der Waals surface area contributed by atoms with Crippen molar-refractivity contribution < 1.29 is 0 Å². The van der Waals surface area contributed by atoms with Gasteiger partial charge in [0.1, 0.15) is 4.60 Å². The summed E-state index contributed by atoms with van der Waals surface area (Å²) in [5.41, 5.74) is 0. The van der Waals surface area contributed by atoms with Gasteiger partial charge in [-0.25, -0.2) is 4.98 Å². The molecule has 1 aromatic heterocycles. The van der Waals surface area contributed by atoms with Crippen LogP contribution in [0.4, 0.5) is 5.13 Å². The summed E-state index contributed by atoms with van der Waals surface area (Å²) in [6, 6.07) is 0.433. The first-order valence-electron chi connectivity index (χ1n) is 5.25. The number of aromatic nitrogens is 1. The van der Waals surface area contributed by atoms with Crippen LogP contribution >= 0.6 is 27.3 Å². The van der Waals surface area contributed by atoms with Crippen molar-refractivity contribution in [3.8, 4) is 0 Å². The number of halogens is 1. The van der Waals surface area contributed by atoms with Gasteiger partial charge in [-0.15, -0.1) is 11.3 Å². The van der Waals surface area contributed by atoms with Crippen molar-refractivity contribution in [2.75, 3.05) is 25.0 Å². The Bertz CT molecular complexity index is 286. The molecule has 1 rings (SSSR count). The standard InChI is InChI=1S/C10H18BrN3S/c1-4-14(5-2)6-8(3)12-10-13-9(11)7-15-10/h7-8H,4-6H2,1-3H3,(H,12,13). The van der Waals surface area contributed by atoms with Crippen molar-refractivity contribution in [2.24, 2.45) is 0 Å². The van der Waals surface area contributed by atoms with Crippen LogP contribution in [-0.4, -0.2) is 35.6 Å². The van der Waals surface area contributed by atoms with E-state index in [1.807, 2.05) is 5.38 Å². The Hall–Kier alpha value is -0.130. The number of rotatable bonds is 6. The summed E-state index contributed by atoms with van der Waals surface area (Å²) >= 11 is 4.98. The summed E-state index contributed by atoms with van der Waals surface area (Å²) in [7, 11) is 0. The lowest BCUT2D eigenvalue weighted by Gasteiger charge is -2.23. The number of hydrogen-bond donors (Lipinski definition) is 1. The van der Waals surface area contributed by atoms with Gasteiger partial charge in [-0.3, -0.25) is 0 Å². The number of anilines is 1. The number of nitrogens with zero attached hydrogens (tertiary/aromatic N) is 2. The van der Waals surface area contributed by atoms with Crippen molar-refractivity contribution >= 4 is 32.4 Å². The zero-order valence-electron chi connectivity index (χ0n) is 9.46. The molecule has 1 atom stereocenters. The maximum Gasteiger partial charge on any atom is 0.183 e. The van der Waals surface area contributed by atoms with Crippen LogP contribution in [0.1, 0.15) is 20.8 Å². The van der Waals surface area contributed by atoms with E-state index in [-0.39, 0.29) is 0 Å². The van der Waals surface area contributed by atoms with Gasteiger partial charge >= 0.3 is 0 Å². The summed E-state index contributed by atoms with van der Waals surface area (Å²) in [5.74, 6) is 0. The molecule has 0 radical (unpaired) electrons. The molecule has 0 fully saturated rings. The lowest BCUT2D eigenvalue weighted by molar-refractivity contribution is 0.295. The van der Waals surface area contributed by atoms with Crippen LogP contribution in [0.5, 0.6) is 0 Å². The van der Waals surface area contributed by atoms with Gasteiger partial charge in [-0.2, -0.15) is 0 Å². The van der Waals surface area contributed by atoms with Crippen LogP contribution in [0.2, 0.25) is 0 Å². The van der Waals surface area contributed by atoms with E-state index < -0.39 is 0 Å². The van der Waals surface area contributed by atoms with Gasteiger partial charge in [-0.1, -0.05) is 13.8 Å². The Balaban J connectivity index is 2.38. The van der Waals surface area contributed by atoms with Gasteiger partial charge < -0.3 is 10.2 Å². The van der Waals surface area contributed by atoms with E-state index in [0.717, 1.165) is 29.4 Å². The van der Waals surface area contributed by atoms with Crippen LogP contribution < -0.4 is 5.32 Å². The van der Waals surface area contributed by atoms with Crippen molar-refractivity contribution in [1.29, 1.82) is 0 Å². The summed E-state index contributed by atoms with van der Waals surface area (Å²) in [6.45, 7) is 9.83. The third kappa shape index (κ3) is 4.49. The molecule has 0 spiro atoms. The van der Waals surface area contributed by atoms with Crippen LogP contribution in [-0.2, 0) is 0 Å². The highest BCUT2D eigenvalue weighted by atomic mass is 79.9. The van der Waals surface area contributed by atoms with E-state index in [9.17, 15) is 0 Å². The maximum atomic E-state index is 4.32. The quantitative estimate of drug-likeness (QED) is 0.873. The van der Waals surface area contributed by atoms with Crippen molar-refractivity contribution in [3.05, 3.63) is 9.98 Å². The van der Waals surface area contributed by atoms with Gasteiger partial charge in [0.05, 0.1) is 0 Å². The van der Waals surface area contributed by atoms with Crippen LogP contribution in [0.3, 0.4) is 0 Å². The van der Waals surface area contributed by atoms with Gasteiger partial charge in [0.25, 0.3) is 0 Å². The highest BCUT2D eigenvalue weighted by Gasteiger charge is 2.08. The highest BCUT2D eigenvalue weighted by molar-refractivity contribution is 9.10. The molecule has 0 aliphatic rings. The molecule has 0 amide bonds.